The number of rotatable bonds is 7. The number of ether oxygens (including phenoxy) is 2. The van der Waals surface area contributed by atoms with E-state index in [1.54, 1.807) is 14.2 Å². The summed E-state index contributed by atoms with van der Waals surface area (Å²) in [5.74, 6) is 1.25. The summed E-state index contributed by atoms with van der Waals surface area (Å²) in [5.41, 5.74) is 7.02. The molecule has 2 rings (SSSR count). The molecule has 134 valence electrons. The molecule has 6 nitrogen and oxygen atoms in total. The lowest BCUT2D eigenvalue weighted by Gasteiger charge is -2.08. The third-order valence-corrected chi connectivity index (χ3v) is 3.93. The molecule has 0 saturated heterocycles. The van der Waals surface area contributed by atoms with Gasteiger partial charge in [-0.25, -0.2) is 4.98 Å². The first-order chi connectivity index (χ1) is 10.7. The number of carbonyl (C=O) groups excluding carboxylic acids is 1. The summed E-state index contributed by atoms with van der Waals surface area (Å²) in [5, 5.41) is 5.45. The summed E-state index contributed by atoms with van der Waals surface area (Å²) >= 11 is 1.49. The van der Waals surface area contributed by atoms with Gasteiger partial charge < -0.3 is 20.5 Å². The molecule has 1 aromatic carbocycles. The highest BCUT2D eigenvalue weighted by Gasteiger charge is 2.11. The van der Waals surface area contributed by atoms with Gasteiger partial charge >= 0.3 is 0 Å². The van der Waals surface area contributed by atoms with Crippen molar-refractivity contribution < 1.29 is 14.3 Å². The molecule has 1 heterocycles. The molecule has 1 aromatic heterocycles. The molecule has 0 bridgehead atoms. The molecule has 24 heavy (non-hydrogen) atoms. The number of carbonyl (C=O) groups is 1. The van der Waals surface area contributed by atoms with Crippen molar-refractivity contribution in [3.8, 4) is 22.1 Å². The van der Waals surface area contributed by atoms with Gasteiger partial charge in [-0.05, 0) is 18.2 Å². The van der Waals surface area contributed by atoms with Crippen molar-refractivity contribution in [3.63, 3.8) is 0 Å². The number of halogens is 2. The topological polar surface area (TPSA) is 86.5 Å². The Labute approximate surface area is 157 Å². The Morgan fingerprint density at radius 1 is 1.25 bits per heavy atom. The molecule has 0 fully saturated rings. The largest absolute Gasteiger partial charge is 0.493 e. The molecule has 0 aliphatic carbocycles. The highest BCUT2D eigenvalue weighted by atomic mass is 35.5. The molecule has 0 saturated carbocycles. The molecule has 3 N–H and O–H groups in total. The SMILES string of the molecule is COc1ccc(-c2nc(CC(=O)NCCN)cs2)cc1OC.Cl.Cl. The van der Waals surface area contributed by atoms with Crippen LogP contribution in [-0.2, 0) is 11.2 Å². The second-order valence-corrected chi connectivity index (χ2v) is 5.39. The predicted molar refractivity (Wildman–Crippen MR) is 101 cm³/mol. The van der Waals surface area contributed by atoms with Gasteiger partial charge in [0.25, 0.3) is 0 Å². The van der Waals surface area contributed by atoms with Crippen LogP contribution in [0.3, 0.4) is 0 Å². The molecular weight excluding hydrogens is 373 g/mol. The minimum Gasteiger partial charge on any atom is -0.493 e. The van der Waals surface area contributed by atoms with Crippen LogP contribution >= 0.6 is 36.2 Å². The van der Waals surface area contributed by atoms with Crippen molar-refractivity contribution >= 4 is 42.1 Å². The lowest BCUT2D eigenvalue weighted by Crippen LogP contribution is -2.30. The summed E-state index contributed by atoms with van der Waals surface area (Å²) in [6, 6.07) is 5.62. The first-order valence-corrected chi connectivity index (χ1v) is 7.69. The highest BCUT2D eigenvalue weighted by molar-refractivity contribution is 7.13. The first-order valence-electron chi connectivity index (χ1n) is 6.81. The van der Waals surface area contributed by atoms with Crippen molar-refractivity contribution in [2.24, 2.45) is 5.73 Å². The lowest BCUT2D eigenvalue weighted by atomic mass is 10.2. The molecule has 9 heteroatoms. The van der Waals surface area contributed by atoms with E-state index in [0.717, 1.165) is 16.3 Å². The van der Waals surface area contributed by atoms with E-state index < -0.39 is 0 Å². The standard InChI is InChI=1S/C15H19N3O3S.2ClH/c1-20-12-4-3-10(7-13(12)21-2)15-18-11(9-22-15)8-14(19)17-6-5-16;;/h3-4,7,9H,5-6,8,16H2,1-2H3,(H,17,19);2*1H. The maximum atomic E-state index is 11.7. The van der Waals surface area contributed by atoms with E-state index in [1.807, 2.05) is 23.6 Å². The molecule has 0 unspecified atom stereocenters. The molecule has 0 aliphatic heterocycles. The van der Waals surface area contributed by atoms with Crippen LogP contribution in [0.2, 0.25) is 0 Å². The van der Waals surface area contributed by atoms with Crippen LogP contribution in [0.25, 0.3) is 10.6 Å². The normalized spacial score (nSPS) is 9.46. The fourth-order valence-corrected chi connectivity index (χ4v) is 2.75. The summed E-state index contributed by atoms with van der Waals surface area (Å²) in [4.78, 5) is 16.2. The van der Waals surface area contributed by atoms with Crippen LogP contribution in [-0.4, -0.2) is 38.2 Å². The molecule has 2 aromatic rings. The van der Waals surface area contributed by atoms with Crippen LogP contribution in [0, 0.1) is 0 Å². The van der Waals surface area contributed by atoms with Gasteiger partial charge in [0.15, 0.2) is 11.5 Å². The van der Waals surface area contributed by atoms with Gasteiger partial charge in [0.2, 0.25) is 5.91 Å². The Hall–Kier alpha value is -1.54. The van der Waals surface area contributed by atoms with E-state index in [1.165, 1.54) is 11.3 Å². The Morgan fingerprint density at radius 2 is 1.96 bits per heavy atom. The zero-order chi connectivity index (χ0) is 15.9. The summed E-state index contributed by atoms with van der Waals surface area (Å²) in [7, 11) is 3.19. The van der Waals surface area contributed by atoms with Crippen LogP contribution < -0.4 is 20.5 Å². The highest BCUT2D eigenvalue weighted by Crippen LogP contribution is 2.33. The smallest absolute Gasteiger partial charge is 0.226 e. The van der Waals surface area contributed by atoms with Crippen molar-refractivity contribution in [3.05, 3.63) is 29.3 Å². The molecule has 0 spiro atoms. The van der Waals surface area contributed by atoms with Crippen LogP contribution in [0.5, 0.6) is 11.5 Å². The number of thiazole rings is 1. The molecule has 0 aliphatic rings. The van der Waals surface area contributed by atoms with Crippen LogP contribution in [0.1, 0.15) is 5.69 Å². The number of aromatic nitrogens is 1. The third kappa shape index (κ3) is 5.83. The second kappa shape index (κ2) is 11.1. The van der Waals surface area contributed by atoms with Gasteiger partial charge in [-0.1, -0.05) is 0 Å². The van der Waals surface area contributed by atoms with E-state index in [2.05, 4.69) is 10.3 Å². The predicted octanol–water partition coefficient (Wildman–Crippen LogP) is 2.29. The van der Waals surface area contributed by atoms with Crippen LogP contribution in [0.4, 0.5) is 0 Å². The number of nitrogens with two attached hydrogens (primary N) is 1. The van der Waals surface area contributed by atoms with Gasteiger partial charge in [0, 0.05) is 24.0 Å². The molecular formula is C15H21Cl2N3O3S. The number of nitrogens with one attached hydrogen (secondary N) is 1. The van der Waals surface area contributed by atoms with E-state index in [0.29, 0.717) is 24.6 Å². The fourth-order valence-electron chi connectivity index (χ4n) is 1.93. The Balaban J connectivity index is 0.00000264. The zero-order valence-corrected chi connectivity index (χ0v) is 15.9. The van der Waals surface area contributed by atoms with Crippen LogP contribution in [0.15, 0.2) is 23.6 Å². The Kier molecular flexibility index (Phi) is 10.4. The molecule has 0 atom stereocenters. The van der Waals surface area contributed by atoms with Crippen molar-refractivity contribution in [1.82, 2.24) is 10.3 Å². The Morgan fingerprint density at radius 3 is 2.58 bits per heavy atom. The monoisotopic (exact) mass is 393 g/mol. The van der Waals surface area contributed by atoms with Gasteiger partial charge in [0.05, 0.1) is 26.3 Å². The number of hydrogen-bond donors (Lipinski definition) is 2. The van der Waals surface area contributed by atoms with E-state index >= 15 is 0 Å². The van der Waals surface area contributed by atoms with Gasteiger partial charge in [-0.2, -0.15) is 0 Å². The molecule has 0 radical (unpaired) electrons. The summed E-state index contributed by atoms with van der Waals surface area (Å²) in [6.07, 6.45) is 0.254. The van der Waals surface area contributed by atoms with Crippen molar-refractivity contribution in [2.45, 2.75) is 6.42 Å². The number of nitrogens with zero attached hydrogens (tertiary/aromatic N) is 1. The average Bonchev–Trinajstić information content (AvgIpc) is 3.00. The average molecular weight is 394 g/mol. The van der Waals surface area contributed by atoms with Gasteiger partial charge in [-0.3, -0.25) is 4.79 Å². The van der Waals surface area contributed by atoms with E-state index in [9.17, 15) is 4.79 Å². The number of methoxy groups -OCH3 is 2. The third-order valence-electron chi connectivity index (χ3n) is 2.99. The Bertz CT molecular complexity index is 653. The van der Waals surface area contributed by atoms with Crippen molar-refractivity contribution in [2.75, 3.05) is 27.3 Å². The van der Waals surface area contributed by atoms with E-state index in [-0.39, 0.29) is 37.1 Å². The first kappa shape index (κ1) is 22.5. The number of amides is 1. The van der Waals surface area contributed by atoms with Gasteiger partial charge in [-0.15, -0.1) is 36.2 Å². The second-order valence-electron chi connectivity index (χ2n) is 4.53. The quantitative estimate of drug-likeness (QED) is 0.753. The number of hydrogen-bond acceptors (Lipinski definition) is 6. The maximum Gasteiger partial charge on any atom is 0.226 e. The maximum absolute atomic E-state index is 11.7. The minimum absolute atomic E-state index is 0. The summed E-state index contributed by atoms with van der Waals surface area (Å²) < 4.78 is 10.5. The van der Waals surface area contributed by atoms with E-state index in [4.69, 9.17) is 15.2 Å². The molecule has 1 amide bonds. The summed E-state index contributed by atoms with van der Waals surface area (Å²) in [6.45, 7) is 0.908. The van der Waals surface area contributed by atoms with Gasteiger partial charge in [0.1, 0.15) is 5.01 Å². The lowest BCUT2D eigenvalue weighted by molar-refractivity contribution is -0.120. The van der Waals surface area contributed by atoms with Crippen molar-refractivity contribution in [1.29, 1.82) is 0 Å². The fraction of sp³-hybridized carbons (Fsp3) is 0.333. The zero-order valence-electron chi connectivity index (χ0n) is 13.4. The number of benzene rings is 1. The minimum atomic E-state index is -0.0744.